The molecule has 0 spiro atoms. The Labute approximate surface area is 113 Å². The van der Waals surface area contributed by atoms with Crippen LogP contribution in [0.5, 0.6) is 0 Å². The molecule has 0 aliphatic carbocycles. The van der Waals surface area contributed by atoms with E-state index >= 15 is 0 Å². The Kier molecular flexibility index (Phi) is 6.43. The Hall–Kier alpha value is -0.810. The molecule has 1 heterocycles. The number of halogens is 1. The van der Waals surface area contributed by atoms with E-state index in [1.165, 1.54) is 6.20 Å². The molecule has 0 bridgehead atoms. The van der Waals surface area contributed by atoms with Gasteiger partial charge >= 0.3 is 0 Å². The van der Waals surface area contributed by atoms with Gasteiger partial charge in [0, 0.05) is 31.0 Å². The zero-order chi connectivity index (χ0) is 13.5. The number of hydrogen-bond acceptors (Lipinski definition) is 4. The predicted molar refractivity (Wildman–Crippen MR) is 77.8 cm³/mol. The van der Waals surface area contributed by atoms with Gasteiger partial charge in [0.15, 0.2) is 0 Å². The Morgan fingerprint density at radius 2 is 2.28 bits per heavy atom. The predicted octanol–water partition coefficient (Wildman–Crippen LogP) is 2.52. The molecule has 5 heteroatoms. The van der Waals surface area contributed by atoms with Crippen molar-refractivity contribution in [3.05, 3.63) is 23.6 Å². The van der Waals surface area contributed by atoms with Crippen LogP contribution < -0.4 is 10.2 Å². The molecule has 1 unspecified atom stereocenters. The maximum absolute atomic E-state index is 13.3. The molecule has 1 atom stereocenters. The van der Waals surface area contributed by atoms with Crippen molar-refractivity contribution < 1.29 is 4.39 Å². The Balaban J connectivity index is 2.91. The highest BCUT2D eigenvalue weighted by molar-refractivity contribution is 7.98. The zero-order valence-electron chi connectivity index (χ0n) is 11.5. The zero-order valence-corrected chi connectivity index (χ0v) is 12.4. The molecule has 0 fully saturated rings. The molecule has 0 aliphatic rings. The number of nitrogens with zero attached hydrogens (tertiary/aromatic N) is 2. The van der Waals surface area contributed by atoms with Crippen LogP contribution >= 0.6 is 11.8 Å². The lowest BCUT2D eigenvalue weighted by Crippen LogP contribution is -2.33. The van der Waals surface area contributed by atoms with Gasteiger partial charge < -0.3 is 10.2 Å². The van der Waals surface area contributed by atoms with Gasteiger partial charge in [0.1, 0.15) is 11.6 Å². The van der Waals surface area contributed by atoms with Crippen LogP contribution in [0, 0.1) is 5.82 Å². The number of hydrogen-bond donors (Lipinski definition) is 1. The lowest BCUT2D eigenvalue weighted by molar-refractivity contribution is 0.611. The average molecular weight is 271 g/mol. The van der Waals surface area contributed by atoms with Crippen molar-refractivity contribution in [3.8, 4) is 0 Å². The van der Waals surface area contributed by atoms with Crippen molar-refractivity contribution in [2.75, 3.05) is 30.5 Å². The Morgan fingerprint density at radius 1 is 1.56 bits per heavy atom. The summed E-state index contributed by atoms with van der Waals surface area (Å²) in [4.78, 5) is 6.35. The van der Waals surface area contributed by atoms with Crippen LogP contribution in [0.15, 0.2) is 12.3 Å². The van der Waals surface area contributed by atoms with E-state index in [1.54, 1.807) is 17.8 Å². The van der Waals surface area contributed by atoms with E-state index in [0.29, 0.717) is 12.6 Å². The van der Waals surface area contributed by atoms with Crippen LogP contribution in [-0.4, -0.2) is 36.6 Å². The third-order valence-electron chi connectivity index (χ3n) is 2.88. The second kappa shape index (κ2) is 7.59. The van der Waals surface area contributed by atoms with Crippen LogP contribution in [0.2, 0.25) is 0 Å². The van der Waals surface area contributed by atoms with Crippen molar-refractivity contribution in [2.24, 2.45) is 0 Å². The largest absolute Gasteiger partial charge is 0.356 e. The molecule has 1 aromatic heterocycles. The molecule has 0 aromatic carbocycles. The van der Waals surface area contributed by atoms with Gasteiger partial charge in [0.2, 0.25) is 0 Å². The van der Waals surface area contributed by atoms with E-state index < -0.39 is 0 Å². The summed E-state index contributed by atoms with van der Waals surface area (Å²) >= 11 is 1.80. The van der Waals surface area contributed by atoms with Gasteiger partial charge in [0.05, 0.1) is 6.20 Å². The molecule has 1 aromatic rings. The topological polar surface area (TPSA) is 28.2 Å². The smallest absolute Gasteiger partial charge is 0.141 e. The molecule has 1 N–H and O–H groups in total. The number of anilines is 1. The highest BCUT2D eigenvalue weighted by atomic mass is 32.2. The normalized spacial score (nSPS) is 12.5. The molecule has 0 saturated carbocycles. The third kappa shape index (κ3) is 4.14. The second-order valence-corrected chi connectivity index (χ2v) is 5.24. The summed E-state index contributed by atoms with van der Waals surface area (Å²) in [6.45, 7) is 5.69. The minimum Gasteiger partial charge on any atom is -0.356 e. The highest BCUT2D eigenvalue weighted by Gasteiger charge is 2.15. The molecule has 18 heavy (non-hydrogen) atoms. The summed E-state index contributed by atoms with van der Waals surface area (Å²) in [5.74, 6) is 1.60. The van der Waals surface area contributed by atoms with Crippen molar-refractivity contribution in [1.82, 2.24) is 10.3 Å². The molecule has 102 valence electrons. The van der Waals surface area contributed by atoms with Gasteiger partial charge in [-0.2, -0.15) is 11.8 Å². The maximum Gasteiger partial charge on any atom is 0.141 e. The van der Waals surface area contributed by atoms with Crippen LogP contribution in [0.4, 0.5) is 10.2 Å². The summed E-state index contributed by atoms with van der Waals surface area (Å²) < 4.78 is 13.3. The van der Waals surface area contributed by atoms with E-state index in [0.717, 1.165) is 23.7 Å². The van der Waals surface area contributed by atoms with Crippen molar-refractivity contribution in [3.63, 3.8) is 0 Å². The molecular formula is C13H22FN3S. The number of rotatable bonds is 7. The van der Waals surface area contributed by atoms with Crippen LogP contribution in [0.1, 0.15) is 19.4 Å². The molecule has 0 radical (unpaired) electrons. The van der Waals surface area contributed by atoms with Gasteiger partial charge in [-0.1, -0.05) is 6.92 Å². The van der Waals surface area contributed by atoms with E-state index in [9.17, 15) is 4.39 Å². The van der Waals surface area contributed by atoms with E-state index in [-0.39, 0.29) is 5.82 Å². The van der Waals surface area contributed by atoms with Gasteiger partial charge in [0.25, 0.3) is 0 Å². The summed E-state index contributed by atoms with van der Waals surface area (Å²) in [6.07, 6.45) is 3.37. The van der Waals surface area contributed by atoms with Crippen molar-refractivity contribution >= 4 is 17.6 Å². The third-order valence-corrected chi connectivity index (χ3v) is 3.69. The minimum absolute atomic E-state index is 0.280. The van der Waals surface area contributed by atoms with Gasteiger partial charge in [-0.3, -0.25) is 0 Å². The van der Waals surface area contributed by atoms with E-state index in [4.69, 9.17) is 0 Å². The summed E-state index contributed by atoms with van der Waals surface area (Å²) in [6, 6.07) is 1.94. The molecule has 0 aliphatic heterocycles. The first-order chi connectivity index (χ1) is 8.60. The number of thioether (sulfide) groups is 1. The molecular weight excluding hydrogens is 249 g/mol. The number of nitrogens with one attached hydrogen (secondary N) is 1. The summed E-state index contributed by atoms with van der Waals surface area (Å²) in [7, 11) is 2.01. The van der Waals surface area contributed by atoms with Gasteiger partial charge in [-0.05, 0) is 25.8 Å². The standard InChI is InChI=1S/C13H22FN3S/c1-5-15-7-11-6-12(14)8-16-13(11)17(3)10(2)9-18-4/h6,8,10,15H,5,7,9H2,1-4H3. The first kappa shape index (κ1) is 15.2. The first-order valence-corrected chi connectivity index (χ1v) is 7.56. The number of pyridine rings is 1. The fourth-order valence-electron chi connectivity index (χ4n) is 1.74. The maximum atomic E-state index is 13.3. The highest BCUT2D eigenvalue weighted by Crippen LogP contribution is 2.20. The van der Waals surface area contributed by atoms with E-state index in [2.05, 4.69) is 28.4 Å². The Morgan fingerprint density at radius 3 is 2.89 bits per heavy atom. The van der Waals surface area contributed by atoms with Gasteiger partial charge in [-0.15, -0.1) is 0 Å². The first-order valence-electron chi connectivity index (χ1n) is 6.17. The van der Waals surface area contributed by atoms with Crippen molar-refractivity contribution in [2.45, 2.75) is 26.4 Å². The monoisotopic (exact) mass is 271 g/mol. The number of aromatic nitrogens is 1. The Bertz CT molecular complexity index is 373. The lowest BCUT2D eigenvalue weighted by Gasteiger charge is -2.27. The minimum atomic E-state index is -0.280. The fourth-order valence-corrected chi connectivity index (χ4v) is 2.45. The van der Waals surface area contributed by atoms with E-state index in [1.807, 2.05) is 14.0 Å². The molecule has 3 nitrogen and oxygen atoms in total. The summed E-state index contributed by atoms with van der Waals surface area (Å²) in [5, 5.41) is 3.22. The fraction of sp³-hybridized carbons (Fsp3) is 0.615. The quantitative estimate of drug-likeness (QED) is 0.825. The second-order valence-electron chi connectivity index (χ2n) is 4.33. The molecule has 1 rings (SSSR count). The SMILES string of the molecule is CCNCc1cc(F)cnc1N(C)C(C)CSC. The molecule has 0 amide bonds. The van der Waals surface area contributed by atoms with Crippen LogP contribution in [0.3, 0.4) is 0 Å². The van der Waals surface area contributed by atoms with Gasteiger partial charge in [-0.25, -0.2) is 9.37 Å². The van der Waals surface area contributed by atoms with Crippen molar-refractivity contribution in [1.29, 1.82) is 0 Å². The lowest BCUT2D eigenvalue weighted by atomic mass is 10.2. The summed E-state index contributed by atoms with van der Waals surface area (Å²) in [5.41, 5.74) is 0.910. The van der Waals surface area contributed by atoms with Crippen LogP contribution in [-0.2, 0) is 6.54 Å². The molecule has 0 saturated heterocycles. The van der Waals surface area contributed by atoms with Crippen LogP contribution in [0.25, 0.3) is 0 Å². The average Bonchev–Trinajstić information content (AvgIpc) is 2.36.